The van der Waals surface area contributed by atoms with Gasteiger partial charge in [-0.1, -0.05) is 48.1 Å². The van der Waals surface area contributed by atoms with Gasteiger partial charge in [-0.25, -0.2) is 4.90 Å². The summed E-state index contributed by atoms with van der Waals surface area (Å²) < 4.78 is -1.76. The zero-order valence-corrected chi connectivity index (χ0v) is 8.94. The summed E-state index contributed by atoms with van der Waals surface area (Å²) in [5.74, 6) is 0. The number of halogens is 3. The molecule has 2 N–H and O–H groups in total. The molecule has 3 nitrogen and oxygen atoms in total. The molecule has 0 aliphatic rings. The maximum Gasteiger partial charge on any atom is 0.251 e. The summed E-state index contributed by atoms with van der Waals surface area (Å²) in [6.07, 6.45) is 0.278. The Labute approximate surface area is 86.8 Å². The molecule has 0 saturated carbocycles. The molecule has 0 fully saturated rings. The minimum atomic E-state index is -1.76. The summed E-state index contributed by atoms with van der Waals surface area (Å²) in [7, 11) is 0. The van der Waals surface area contributed by atoms with Gasteiger partial charge in [0.05, 0.1) is 0 Å². The van der Waals surface area contributed by atoms with Crippen LogP contribution < -0.4 is 0 Å². The van der Waals surface area contributed by atoms with E-state index in [0.29, 0.717) is 6.42 Å². The third kappa shape index (κ3) is 4.12. The molecule has 0 rings (SSSR count). The largest absolute Gasteiger partial charge is 0.381 e. The average Bonchev–Trinajstić information content (AvgIpc) is 1.85. The molecule has 0 heterocycles. The zero-order chi connectivity index (χ0) is 9.78. The second-order valence-corrected chi connectivity index (χ2v) is 4.57. The van der Waals surface area contributed by atoms with Gasteiger partial charge in [0.15, 0.2) is 0 Å². The number of nitrogens with zero attached hydrogens (tertiary/aromatic N) is 1. The highest BCUT2D eigenvalue weighted by Gasteiger charge is 2.33. The molecule has 0 aromatic carbocycles. The SMILES string of the molecule is CCCC(O)N(CO)C(Cl)(Cl)Cl. The van der Waals surface area contributed by atoms with Gasteiger partial charge in [-0.15, -0.1) is 0 Å². The number of hydrogen-bond donors (Lipinski definition) is 2. The lowest BCUT2D eigenvalue weighted by molar-refractivity contribution is -0.0531. The van der Waals surface area contributed by atoms with Crippen LogP contribution in [-0.2, 0) is 0 Å². The molecule has 12 heavy (non-hydrogen) atoms. The van der Waals surface area contributed by atoms with Crippen molar-refractivity contribution in [1.29, 1.82) is 0 Å². The summed E-state index contributed by atoms with van der Waals surface area (Å²) in [6, 6.07) is 0. The van der Waals surface area contributed by atoms with Gasteiger partial charge >= 0.3 is 0 Å². The Kier molecular flexibility index (Phi) is 5.82. The molecule has 0 aliphatic carbocycles. The molecule has 74 valence electrons. The predicted molar refractivity (Wildman–Crippen MR) is 50.1 cm³/mol. The van der Waals surface area contributed by atoms with Gasteiger partial charge in [0, 0.05) is 0 Å². The Morgan fingerprint density at radius 3 is 2.17 bits per heavy atom. The van der Waals surface area contributed by atoms with Crippen molar-refractivity contribution in [2.24, 2.45) is 0 Å². The van der Waals surface area contributed by atoms with E-state index in [2.05, 4.69) is 0 Å². The van der Waals surface area contributed by atoms with Crippen LogP contribution in [0, 0.1) is 0 Å². The van der Waals surface area contributed by atoms with Crippen molar-refractivity contribution in [3.8, 4) is 0 Å². The van der Waals surface area contributed by atoms with Crippen molar-refractivity contribution in [3.63, 3.8) is 0 Å². The van der Waals surface area contributed by atoms with E-state index < -0.39 is 16.9 Å². The third-order valence-electron chi connectivity index (χ3n) is 1.38. The van der Waals surface area contributed by atoms with E-state index in [9.17, 15) is 5.11 Å². The number of aliphatic hydroxyl groups is 2. The molecule has 1 atom stereocenters. The molecule has 0 radical (unpaired) electrons. The summed E-state index contributed by atoms with van der Waals surface area (Å²) in [5.41, 5.74) is 0. The van der Waals surface area contributed by atoms with Gasteiger partial charge in [0.25, 0.3) is 3.92 Å². The Morgan fingerprint density at radius 1 is 1.42 bits per heavy atom. The molecule has 6 heteroatoms. The normalized spacial score (nSPS) is 15.2. The maximum atomic E-state index is 9.36. The van der Waals surface area contributed by atoms with Crippen LogP contribution in [0.25, 0.3) is 0 Å². The summed E-state index contributed by atoms with van der Waals surface area (Å²) in [5, 5.41) is 18.1. The fourth-order valence-corrected chi connectivity index (χ4v) is 1.26. The van der Waals surface area contributed by atoms with Gasteiger partial charge in [-0.3, -0.25) is 0 Å². The first kappa shape index (κ1) is 12.8. The van der Waals surface area contributed by atoms with Gasteiger partial charge < -0.3 is 10.2 Å². The van der Waals surface area contributed by atoms with Crippen LogP contribution >= 0.6 is 34.8 Å². The molecule has 0 bridgehead atoms. The molecular formula is C6H12Cl3NO2. The highest BCUT2D eigenvalue weighted by Crippen LogP contribution is 2.32. The van der Waals surface area contributed by atoms with Crippen molar-refractivity contribution in [1.82, 2.24) is 4.90 Å². The lowest BCUT2D eigenvalue weighted by Crippen LogP contribution is -2.44. The molecule has 0 amide bonds. The number of hydrogen-bond acceptors (Lipinski definition) is 3. The highest BCUT2D eigenvalue weighted by atomic mass is 35.6. The number of alkyl halides is 3. The first-order valence-electron chi connectivity index (χ1n) is 3.55. The molecular weight excluding hydrogens is 224 g/mol. The van der Waals surface area contributed by atoms with Crippen LogP contribution in [0.15, 0.2) is 0 Å². The van der Waals surface area contributed by atoms with E-state index in [4.69, 9.17) is 39.9 Å². The lowest BCUT2D eigenvalue weighted by atomic mass is 10.3. The standard InChI is InChI=1S/C6H12Cl3NO2/c1-2-3-5(12)10(4-11)6(7,8)9/h5,11-12H,2-4H2,1H3. The topological polar surface area (TPSA) is 43.7 Å². The lowest BCUT2D eigenvalue weighted by Gasteiger charge is -2.31. The summed E-state index contributed by atoms with van der Waals surface area (Å²) in [6.45, 7) is 1.40. The van der Waals surface area contributed by atoms with Crippen molar-refractivity contribution in [3.05, 3.63) is 0 Å². The van der Waals surface area contributed by atoms with Crippen LogP contribution in [0.2, 0.25) is 0 Å². The van der Waals surface area contributed by atoms with Crippen LogP contribution in [0.4, 0.5) is 0 Å². The van der Waals surface area contributed by atoms with Crippen LogP contribution in [0.3, 0.4) is 0 Å². The minimum Gasteiger partial charge on any atom is -0.381 e. The van der Waals surface area contributed by atoms with Gasteiger partial charge in [-0.05, 0) is 6.42 Å². The van der Waals surface area contributed by atoms with Gasteiger partial charge in [0.1, 0.15) is 13.0 Å². The second-order valence-electron chi connectivity index (χ2n) is 2.35. The van der Waals surface area contributed by atoms with Crippen molar-refractivity contribution < 1.29 is 10.2 Å². The second kappa shape index (κ2) is 5.47. The Bertz CT molecular complexity index is 128. The molecule has 1 unspecified atom stereocenters. The molecule has 0 saturated heterocycles. The quantitative estimate of drug-likeness (QED) is 0.443. The van der Waals surface area contributed by atoms with E-state index in [0.717, 1.165) is 11.3 Å². The van der Waals surface area contributed by atoms with Crippen molar-refractivity contribution in [2.75, 3.05) is 6.73 Å². The van der Waals surface area contributed by atoms with E-state index in [1.807, 2.05) is 6.92 Å². The Morgan fingerprint density at radius 2 is 1.92 bits per heavy atom. The maximum absolute atomic E-state index is 9.36. The van der Waals surface area contributed by atoms with Crippen LogP contribution in [0.1, 0.15) is 19.8 Å². The first-order valence-corrected chi connectivity index (χ1v) is 4.69. The average molecular weight is 237 g/mol. The zero-order valence-electron chi connectivity index (χ0n) is 6.67. The van der Waals surface area contributed by atoms with Gasteiger partial charge in [0.2, 0.25) is 0 Å². The molecule has 0 spiro atoms. The number of rotatable bonds is 4. The predicted octanol–water partition coefficient (Wildman–Crippen LogP) is 1.68. The smallest absolute Gasteiger partial charge is 0.251 e. The Hall–Kier alpha value is 0.750. The van der Waals surface area contributed by atoms with E-state index in [1.54, 1.807) is 0 Å². The molecule has 0 aliphatic heterocycles. The molecule has 0 aromatic rings. The number of aliphatic hydroxyl groups excluding tert-OH is 2. The van der Waals surface area contributed by atoms with Crippen LogP contribution in [-0.4, -0.2) is 32.0 Å². The van der Waals surface area contributed by atoms with E-state index in [1.165, 1.54) is 0 Å². The van der Waals surface area contributed by atoms with Crippen LogP contribution in [0.5, 0.6) is 0 Å². The molecule has 0 aromatic heterocycles. The highest BCUT2D eigenvalue weighted by molar-refractivity contribution is 6.67. The fraction of sp³-hybridized carbons (Fsp3) is 1.00. The van der Waals surface area contributed by atoms with E-state index in [-0.39, 0.29) is 0 Å². The monoisotopic (exact) mass is 235 g/mol. The van der Waals surface area contributed by atoms with Crippen molar-refractivity contribution in [2.45, 2.75) is 29.9 Å². The van der Waals surface area contributed by atoms with Crippen molar-refractivity contribution >= 4 is 34.8 Å². The first-order chi connectivity index (χ1) is 5.43. The summed E-state index contributed by atoms with van der Waals surface area (Å²) >= 11 is 16.4. The fourth-order valence-electron chi connectivity index (χ4n) is 0.757. The minimum absolute atomic E-state index is 0.453. The summed E-state index contributed by atoms with van der Waals surface area (Å²) in [4.78, 5) is 0.973. The third-order valence-corrected chi connectivity index (χ3v) is 2.04. The van der Waals surface area contributed by atoms with E-state index >= 15 is 0 Å². The van der Waals surface area contributed by atoms with Gasteiger partial charge in [-0.2, -0.15) is 0 Å². The Balaban J connectivity index is 4.14.